The second kappa shape index (κ2) is 10.1. The molecule has 2 atom stereocenters. The normalized spacial score (nSPS) is 28.5. The molecule has 7 nitrogen and oxygen atoms in total. The SMILES string of the molecule is CC(C)(C)OC(=O)N[C@H]1CCCN2C(=O)C(F)(F)Oc3c(F)cc(F)cc3C3CCC(CC3)OC[C@@H]12. The van der Waals surface area contributed by atoms with Crippen LogP contribution < -0.4 is 10.1 Å². The minimum atomic E-state index is -4.43. The Kier molecular flexibility index (Phi) is 7.41. The number of nitrogens with zero attached hydrogens (tertiary/aromatic N) is 1. The Labute approximate surface area is 207 Å². The molecule has 1 aromatic rings. The minimum absolute atomic E-state index is 0.0164. The van der Waals surface area contributed by atoms with Crippen LogP contribution in [0.5, 0.6) is 5.75 Å². The summed E-state index contributed by atoms with van der Waals surface area (Å²) in [7, 11) is 0. The highest BCUT2D eigenvalue weighted by molar-refractivity contribution is 5.83. The van der Waals surface area contributed by atoms with E-state index in [1.54, 1.807) is 20.8 Å². The van der Waals surface area contributed by atoms with Crippen molar-refractivity contribution in [2.75, 3.05) is 13.2 Å². The first-order chi connectivity index (χ1) is 16.8. The van der Waals surface area contributed by atoms with Crippen LogP contribution in [0, 0.1) is 11.6 Å². The fourth-order valence-corrected chi connectivity index (χ4v) is 5.25. The fourth-order valence-electron chi connectivity index (χ4n) is 5.25. The molecule has 2 amide bonds. The first-order valence-electron chi connectivity index (χ1n) is 12.3. The number of alkyl carbamates (subject to hydrolysis) is 1. The largest absolute Gasteiger partial charge is 0.482 e. The smallest absolute Gasteiger partial charge is 0.444 e. The van der Waals surface area contributed by atoms with E-state index in [1.165, 1.54) is 0 Å². The lowest BCUT2D eigenvalue weighted by Gasteiger charge is -2.42. The van der Waals surface area contributed by atoms with Gasteiger partial charge in [0.05, 0.1) is 24.8 Å². The topological polar surface area (TPSA) is 77.1 Å². The van der Waals surface area contributed by atoms with Crippen molar-refractivity contribution < 1.29 is 41.4 Å². The number of hydrogen-bond acceptors (Lipinski definition) is 5. The van der Waals surface area contributed by atoms with Crippen molar-refractivity contribution >= 4 is 12.0 Å². The van der Waals surface area contributed by atoms with E-state index in [0.717, 1.165) is 11.0 Å². The van der Waals surface area contributed by atoms with Gasteiger partial charge in [-0.05, 0) is 71.3 Å². The number of rotatable bonds is 1. The molecule has 36 heavy (non-hydrogen) atoms. The summed E-state index contributed by atoms with van der Waals surface area (Å²) in [6.07, 6.45) is -2.61. The molecule has 3 heterocycles. The van der Waals surface area contributed by atoms with Gasteiger partial charge in [0, 0.05) is 18.2 Å². The van der Waals surface area contributed by atoms with Crippen molar-refractivity contribution in [3.8, 4) is 5.75 Å². The van der Waals surface area contributed by atoms with Crippen molar-refractivity contribution in [3.63, 3.8) is 0 Å². The molecule has 1 saturated carbocycles. The maximum absolute atomic E-state index is 15.2. The molecule has 1 aliphatic carbocycles. The van der Waals surface area contributed by atoms with Gasteiger partial charge in [-0.1, -0.05) is 0 Å². The van der Waals surface area contributed by atoms with E-state index in [0.29, 0.717) is 44.6 Å². The summed E-state index contributed by atoms with van der Waals surface area (Å²) in [5, 5.41) is 2.70. The van der Waals surface area contributed by atoms with Gasteiger partial charge in [-0.3, -0.25) is 4.79 Å². The fraction of sp³-hybridized carbons (Fsp3) is 0.680. The summed E-state index contributed by atoms with van der Waals surface area (Å²) < 4.78 is 75.3. The highest BCUT2D eigenvalue weighted by Crippen LogP contribution is 2.42. The maximum Gasteiger partial charge on any atom is 0.482 e. The molecule has 1 aromatic carbocycles. The number of piperidine rings is 1. The highest BCUT2D eigenvalue weighted by atomic mass is 19.3. The number of benzene rings is 1. The van der Waals surface area contributed by atoms with Gasteiger partial charge in [0.1, 0.15) is 11.4 Å². The van der Waals surface area contributed by atoms with Crippen molar-refractivity contribution in [3.05, 3.63) is 29.3 Å². The molecule has 0 radical (unpaired) electrons. The molecule has 0 spiro atoms. The van der Waals surface area contributed by atoms with Crippen LogP contribution in [0.3, 0.4) is 0 Å². The van der Waals surface area contributed by atoms with Gasteiger partial charge in [0.25, 0.3) is 0 Å². The summed E-state index contributed by atoms with van der Waals surface area (Å²) in [5.41, 5.74) is -0.788. The van der Waals surface area contributed by atoms with Gasteiger partial charge < -0.3 is 24.4 Å². The molecule has 2 bridgehead atoms. The number of ether oxygens (including phenoxy) is 3. The van der Waals surface area contributed by atoms with E-state index >= 15 is 8.78 Å². The Balaban J connectivity index is 1.67. The van der Waals surface area contributed by atoms with E-state index in [1.807, 2.05) is 0 Å². The number of alkyl halides is 2. The molecular weight excluding hydrogens is 484 g/mol. The van der Waals surface area contributed by atoms with E-state index in [4.69, 9.17) is 14.2 Å². The molecule has 0 unspecified atom stereocenters. The summed E-state index contributed by atoms with van der Waals surface area (Å²) >= 11 is 0. The van der Waals surface area contributed by atoms with E-state index in [2.05, 4.69) is 5.32 Å². The van der Waals surface area contributed by atoms with Crippen molar-refractivity contribution in [1.29, 1.82) is 0 Å². The Morgan fingerprint density at radius 2 is 1.83 bits per heavy atom. The molecule has 5 rings (SSSR count). The van der Waals surface area contributed by atoms with Crippen molar-refractivity contribution in [2.45, 2.75) is 95.1 Å². The Hall–Kier alpha value is -2.56. The molecular formula is C25H32F4N2O5. The third-order valence-corrected chi connectivity index (χ3v) is 6.87. The number of amides is 2. The lowest BCUT2D eigenvalue weighted by Crippen LogP contribution is -2.62. The van der Waals surface area contributed by atoms with E-state index < -0.39 is 59.1 Å². The molecule has 4 aliphatic rings. The van der Waals surface area contributed by atoms with Gasteiger partial charge in [-0.25, -0.2) is 13.6 Å². The zero-order chi connectivity index (χ0) is 26.3. The average molecular weight is 517 g/mol. The summed E-state index contributed by atoms with van der Waals surface area (Å²) in [6, 6.07) is -0.150. The quantitative estimate of drug-likeness (QED) is 0.539. The molecule has 2 fully saturated rings. The monoisotopic (exact) mass is 516 g/mol. The van der Waals surface area contributed by atoms with Crippen molar-refractivity contribution in [1.82, 2.24) is 10.2 Å². The molecule has 11 heteroatoms. The molecule has 200 valence electrons. The Bertz CT molecular complexity index is 991. The van der Waals surface area contributed by atoms with Gasteiger partial charge in [-0.2, -0.15) is 8.78 Å². The van der Waals surface area contributed by atoms with E-state index in [-0.39, 0.29) is 24.8 Å². The van der Waals surface area contributed by atoms with Crippen molar-refractivity contribution in [2.24, 2.45) is 0 Å². The highest BCUT2D eigenvalue weighted by Gasteiger charge is 2.51. The number of halogens is 4. The molecule has 1 N–H and O–H groups in total. The van der Waals surface area contributed by atoms with Crippen LogP contribution in [-0.4, -0.2) is 59.9 Å². The first-order valence-corrected chi connectivity index (χ1v) is 12.3. The minimum Gasteiger partial charge on any atom is -0.444 e. The molecule has 3 aliphatic heterocycles. The first kappa shape index (κ1) is 26.5. The summed E-state index contributed by atoms with van der Waals surface area (Å²) in [4.78, 5) is 26.5. The predicted molar refractivity (Wildman–Crippen MR) is 121 cm³/mol. The zero-order valence-electron chi connectivity index (χ0n) is 20.6. The van der Waals surface area contributed by atoms with Crippen LogP contribution in [0.1, 0.15) is 70.8 Å². The standard InChI is InChI=1S/C25H32F4N2O5/c1-24(2,3)36-23(33)30-19-5-4-10-31-20(19)13-34-16-8-6-14(7-9-16)17-11-15(26)12-18(27)21(17)35-25(28,29)22(31)32/h11-12,14,16,19-20H,4-10,13H2,1-3H3,(H,30,33)/t14?,16?,19-,20-/m0/s1. The van der Waals surface area contributed by atoms with Gasteiger partial charge in [0.15, 0.2) is 11.6 Å². The number of carbonyl (C=O) groups excluding carboxylic acids is 2. The van der Waals surface area contributed by atoms with Crippen LogP contribution in [0.2, 0.25) is 0 Å². The van der Waals surface area contributed by atoms with E-state index in [9.17, 15) is 18.4 Å². The molecule has 1 saturated heterocycles. The van der Waals surface area contributed by atoms with Gasteiger partial charge in [0.2, 0.25) is 0 Å². The summed E-state index contributed by atoms with van der Waals surface area (Å²) in [6.45, 7) is 4.99. The van der Waals surface area contributed by atoms with Crippen LogP contribution in [0.4, 0.5) is 22.4 Å². The second-order valence-electron chi connectivity index (χ2n) is 10.7. The summed E-state index contributed by atoms with van der Waals surface area (Å²) in [5.74, 6) is -5.09. The third-order valence-electron chi connectivity index (χ3n) is 6.87. The van der Waals surface area contributed by atoms with Crippen LogP contribution in [0.25, 0.3) is 0 Å². The number of nitrogens with one attached hydrogen (secondary N) is 1. The third kappa shape index (κ3) is 5.87. The number of carbonyl (C=O) groups is 2. The Morgan fingerprint density at radius 1 is 1.14 bits per heavy atom. The second-order valence-corrected chi connectivity index (χ2v) is 10.7. The van der Waals surface area contributed by atoms with Gasteiger partial charge in [-0.15, -0.1) is 0 Å². The lowest BCUT2D eigenvalue weighted by atomic mass is 9.82. The molecule has 0 aromatic heterocycles. The zero-order valence-corrected chi connectivity index (χ0v) is 20.6. The van der Waals surface area contributed by atoms with Gasteiger partial charge >= 0.3 is 18.1 Å². The van der Waals surface area contributed by atoms with Crippen LogP contribution in [-0.2, 0) is 14.3 Å². The van der Waals surface area contributed by atoms with Crippen LogP contribution in [0.15, 0.2) is 12.1 Å². The van der Waals surface area contributed by atoms with Crippen LogP contribution >= 0.6 is 0 Å². The lowest BCUT2D eigenvalue weighted by molar-refractivity contribution is -0.209. The average Bonchev–Trinajstić information content (AvgIpc) is 2.78. The Morgan fingerprint density at radius 3 is 2.50 bits per heavy atom. The maximum atomic E-state index is 15.2. The number of fused-ring (bicyclic) bond motifs is 5. The predicted octanol–water partition coefficient (Wildman–Crippen LogP) is 4.88. The number of hydrogen-bond donors (Lipinski definition) is 1.